The van der Waals surface area contributed by atoms with Crippen LogP contribution in [0, 0.1) is 0 Å². The van der Waals surface area contributed by atoms with E-state index < -0.39 is 12.1 Å². The van der Waals surface area contributed by atoms with Gasteiger partial charge in [-0.1, -0.05) is 42.5 Å². The molecular weight excluding hydrogens is 446 g/mol. The summed E-state index contributed by atoms with van der Waals surface area (Å²) < 4.78 is 11.2. The van der Waals surface area contributed by atoms with Gasteiger partial charge in [0.2, 0.25) is 11.8 Å². The van der Waals surface area contributed by atoms with Crippen LogP contribution in [0.2, 0.25) is 0 Å². The summed E-state index contributed by atoms with van der Waals surface area (Å²) in [5, 5.41) is 9.27. The van der Waals surface area contributed by atoms with Crippen molar-refractivity contribution in [3.63, 3.8) is 0 Å². The highest BCUT2D eigenvalue weighted by atomic mass is 16.5. The van der Waals surface area contributed by atoms with Crippen molar-refractivity contribution >= 4 is 17.7 Å². The number of nitrogens with zero attached hydrogens (tertiary/aromatic N) is 4. The maximum atomic E-state index is 11.3. The molecule has 35 heavy (non-hydrogen) atoms. The standard InChI is InChI=1S/C26H31N5O4/c1-2-34-22(25(32)33)16-19-8-10-21(11-9-19)35-24-17-23(28-26(27)29-24)31-14-12-30(13-15-31)18-20-6-4-3-5-7-20/h3-11,17,22H,2,12-16,18H2,1H3,(H,32,33)(H2,27,28,29). The second kappa shape index (κ2) is 11.6. The summed E-state index contributed by atoms with van der Waals surface area (Å²) in [5.41, 5.74) is 8.13. The van der Waals surface area contributed by atoms with Crippen molar-refractivity contribution in [2.24, 2.45) is 0 Å². The van der Waals surface area contributed by atoms with Crippen molar-refractivity contribution in [2.45, 2.75) is 26.0 Å². The number of piperazine rings is 1. The Morgan fingerprint density at radius 2 is 1.74 bits per heavy atom. The number of hydrogen-bond donors (Lipinski definition) is 2. The molecule has 1 aliphatic heterocycles. The normalized spacial score (nSPS) is 15.1. The van der Waals surface area contributed by atoms with Crippen LogP contribution in [0.15, 0.2) is 60.7 Å². The van der Waals surface area contributed by atoms with E-state index in [1.807, 2.05) is 18.2 Å². The number of nitrogen functional groups attached to an aromatic ring is 1. The fraction of sp³-hybridized carbons (Fsp3) is 0.346. The minimum Gasteiger partial charge on any atom is -0.479 e. The van der Waals surface area contributed by atoms with E-state index in [-0.39, 0.29) is 12.4 Å². The van der Waals surface area contributed by atoms with E-state index >= 15 is 0 Å². The minimum atomic E-state index is -0.975. The van der Waals surface area contributed by atoms with Crippen molar-refractivity contribution in [2.75, 3.05) is 43.4 Å². The van der Waals surface area contributed by atoms with Gasteiger partial charge in [-0.05, 0) is 30.2 Å². The van der Waals surface area contributed by atoms with Crippen LogP contribution in [-0.2, 0) is 22.5 Å². The molecule has 1 aromatic heterocycles. The van der Waals surface area contributed by atoms with Crippen LogP contribution >= 0.6 is 0 Å². The van der Waals surface area contributed by atoms with Gasteiger partial charge in [-0.15, -0.1) is 0 Å². The van der Waals surface area contributed by atoms with E-state index in [9.17, 15) is 9.90 Å². The lowest BCUT2D eigenvalue weighted by atomic mass is 10.1. The Labute approximate surface area is 205 Å². The fourth-order valence-electron chi connectivity index (χ4n) is 4.07. The average molecular weight is 478 g/mol. The van der Waals surface area contributed by atoms with Gasteiger partial charge >= 0.3 is 5.97 Å². The molecule has 0 saturated carbocycles. The molecule has 9 nitrogen and oxygen atoms in total. The van der Waals surface area contributed by atoms with Gasteiger partial charge in [0.1, 0.15) is 11.6 Å². The number of ether oxygens (including phenoxy) is 2. The van der Waals surface area contributed by atoms with Gasteiger partial charge in [0, 0.05) is 51.8 Å². The number of hydrogen-bond acceptors (Lipinski definition) is 8. The molecule has 4 rings (SSSR count). The number of nitrogens with two attached hydrogens (primary N) is 1. The highest BCUT2D eigenvalue weighted by Crippen LogP contribution is 2.25. The number of carboxylic acid groups (broad SMARTS) is 1. The van der Waals surface area contributed by atoms with Crippen LogP contribution < -0.4 is 15.4 Å². The number of aromatic nitrogens is 2. The van der Waals surface area contributed by atoms with E-state index in [0.717, 1.165) is 44.1 Å². The molecular formula is C26H31N5O4. The summed E-state index contributed by atoms with van der Waals surface area (Å²) in [5.74, 6) is 0.863. The number of carboxylic acids is 1. The van der Waals surface area contributed by atoms with Crippen LogP contribution in [-0.4, -0.2) is 64.8 Å². The number of benzene rings is 2. The van der Waals surface area contributed by atoms with Gasteiger partial charge in [0.25, 0.3) is 0 Å². The molecule has 3 N–H and O–H groups in total. The van der Waals surface area contributed by atoms with E-state index in [2.05, 4.69) is 44.0 Å². The third kappa shape index (κ3) is 6.91. The van der Waals surface area contributed by atoms with Crippen LogP contribution in [0.3, 0.4) is 0 Å². The van der Waals surface area contributed by atoms with Crippen LogP contribution in [0.5, 0.6) is 11.6 Å². The molecule has 2 aromatic carbocycles. The number of carbonyl (C=O) groups is 1. The van der Waals surface area contributed by atoms with Crippen molar-refractivity contribution in [1.29, 1.82) is 0 Å². The molecule has 1 atom stereocenters. The summed E-state index contributed by atoms with van der Waals surface area (Å²) >= 11 is 0. The first-order chi connectivity index (χ1) is 17.0. The first-order valence-electron chi connectivity index (χ1n) is 11.8. The highest BCUT2D eigenvalue weighted by Gasteiger charge is 2.20. The Morgan fingerprint density at radius 1 is 1.03 bits per heavy atom. The highest BCUT2D eigenvalue weighted by molar-refractivity contribution is 5.72. The molecule has 2 heterocycles. The van der Waals surface area contributed by atoms with Gasteiger partial charge in [-0.2, -0.15) is 9.97 Å². The Balaban J connectivity index is 1.36. The topological polar surface area (TPSA) is 114 Å². The predicted molar refractivity (Wildman–Crippen MR) is 134 cm³/mol. The van der Waals surface area contributed by atoms with Crippen LogP contribution in [0.4, 0.5) is 11.8 Å². The quantitative estimate of drug-likeness (QED) is 0.454. The summed E-state index contributed by atoms with van der Waals surface area (Å²) in [6.07, 6.45) is -0.589. The van der Waals surface area contributed by atoms with E-state index in [1.165, 1.54) is 5.56 Å². The molecule has 1 unspecified atom stereocenters. The summed E-state index contributed by atoms with van der Waals surface area (Å²) in [4.78, 5) is 24.6. The Morgan fingerprint density at radius 3 is 2.40 bits per heavy atom. The average Bonchev–Trinajstić information content (AvgIpc) is 2.85. The van der Waals surface area contributed by atoms with E-state index in [1.54, 1.807) is 25.1 Å². The van der Waals surface area contributed by atoms with Crippen LogP contribution in [0.1, 0.15) is 18.1 Å². The van der Waals surface area contributed by atoms with E-state index in [4.69, 9.17) is 15.2 Å². The van der Waals surface area contributed by atoms with Gasteiger partial charge in [-0.3, -0.25) is 4.90 Å². The zero-order chi connectivity index (χ0) is 24.6. The number of anilines is 2. The molecule has 0 aliphatic carbocycles. The molecule has 3 aromatic rings. The lowest BCUT2D eigenvalue weighted by Gasteiger charge is -2.35. The largest absolute Gasteiger partial charge is 0.479 e. The second-order valence-electron chi connectivity index (χ2n) is 8.40. The zero-order valence-electron chi connectivity index (χ0n) is 19.8. The van der Waals surface area contributed by atoms with Gasteiger partial charge < -0.3 is 25.2 Å². The maximum absolute atomic E-state index is 11.3. The van der Waals surface area contributed by atoms with E-state index in [0.29, 0.717) is 18.2 Å². The van der Waals surface area contributed by atoms with Crippen LogP contribution in [0.25, 0.3) is 0 Å². The molecule has 1 aliphatic rings. The number of aliphatic carboxylic acids is 1. The SMILES string of the molecule is CCOC(Cc1ccc(Oc2cc(N3CCN(Cc4ccccc4)CC3)nc(N)n2)cc1)C(=O)O. The van der Waals surface area contributed by atoms with Gasteiger partial charge in [-0.25, -0.2) is 4.79 Å². The molecule has 0 bridgehead atoms. The first-order valence-corrected chi connectivity index (χ1v) is 11.8. The molecule has 1 fully saturated rings. The maximum Gasteiger partial charge on any atom is 0.333 e. The molecule has 0 radical (unpaired) electrons. The third-order valence-corrected chi connectivity index (χ3v) is 5.86. The van der Waals surface area contributed by atoms with Gasteiger partial charge in [0.15, 0.2) is 6.10 Å². The lowest BCUT2D eigenvalue weighted by molar-refractivity contribution is -0.149. The summed E-state index contributed by atoms with van der Waals surface area (Å²) in [7, 11) is 0. The van der Waals surface area contributed by atoms with Crippen molar-refractivity contribution in [3.8, 4) is 11.6 Å². The monoisotopic (exact) mass is 477 g/mol. The minimum absolute atomic E-state index is 0.154. The smallest absolute Gasteiger partial charge is 0.333 e. The van der Waals surface area contributed by atoms with Gasteiger partial charge in [0.05, 0.1) is 0 Å². The summed E-state index contributed by atoms with van der Waals surface area (Å²) in [6.45, 7) is 6.58. The van der Waals surface area contributed by atoms with Crippen molar-refractivity contribution in [3.05, 3.63) is 71.8 Å². The third-order valence-electron chi connectivity index (χ3n) is 5.86. The van der Waals surface area contributed by atoms with Crippen molar-refractivity contribution < 1.29 is 19.4 Å². The zero-order valence-corrected chi connectivity index (χ0v) is 19.8. The number of rotatable bonds is 10. The predicted octanol–water partition coefficient (Wildman–Crippen LogP) is 3.21. The molecule has 0 amide bonds. The molecule has 184 valence electrons. The fourth-order valence-corrected chi connectivity index (χ4v) is 4.07. The second-order valence-corrected chi connectivity index (χ2v) is 8.40. The lowest BCUT2D eigenvalue weighted by Crippen LogP contribution is -2.46. The molecule has 0 spiro atoms. The Kier molecular flexibility index (Phi) is 8.12. The summed E-state index contributed by atoms with van der Waals surface area (Å²) in [6, 6.07) is 19.5. The Bertz CT molecular complexity index is 1100. The first kappa shape index (κ1) is 24.4. The van der Waals surface area contributed by atoms with Crippen molar-refractivity contribution in [1.82, 2.24) is 14.9 Å². The molecule has 1 saturated heterocycles. The molecule has 9 heteroatoms. The Hall–Kier alpha value is -3.69.